The molecule has 0 spiro atoms. The Bertz CT molecular complexity index is 1250. The Morgan fingerprint density at radius 3 is 2.50 bits per heavy atom. The van der Waals surface area contributed by atoms with Crippen LogP contribution in [-0.2, 0) is 21.2 Å². The summed E-state index contributed by atoms with van der Waals surface area (Å²) < 4.78 is 46.8. The molecule has 2 heterocycles. The molecule has 7 nitrogen and oxygen atoms in total. The van der Waals surface area contributed by atoms with Crippen LogP contribution in [0.1, 0.15) is 43.6 Å². The number of amides is 1. The van der Waals surface area contributed by atoms with Gasteiger partial charge in [0.2, 0.25) is 15.9 Å². The molecular formula is C25H28FN3O4S. The first-order valence-corrected chi connectivity index (χ1v) is 12.9. The van der Waals surface area contributed by atoms with Crippen LogP contribution >= 0.6 is 0 Å². The van der Waals surface area contributed by atoms with Crippen LogP contribution in [0.15, 0.2) is 58.0 Å². The highest BCUT2D eigenvalue weighted by Crippen LogP contribution is 2.26. The normalized spacial score (nSPS) is 15.1. The standard InChI is InChI=1S/C25H28FN3O4S/c1-18-6-11-21(16-23(18)34(31,32)29-14-4-2-3-5-15-29)28-24(30)12-13-25-27-17-22(33-25)19-7-9-20(26)10-8-19/h6-11,16-17H,2-5,12-15H2,1H3,(H,28,30). The lowest BCUT2D eigenvalue weighted by atomic mass is 10.2. The summed E-state index contributed by atoms with van der Waals surface area (Å²) in [6.07, 6.45) is 5.73. The maximum Gasteiger partial charge on any atom is 0.243 e. The minimum Gasteiger partial charge on any atom is -0.441 e. The van der Waals surface area contributed by atoms with Gasteiger partial charge in [0.05, 0.1) is 11.1 Å². The number of benzene rings is 2. The lowest BCUT2D eigenvalue weighted by molar-refractivity contribution is -0.116. The SMILES string of the molecule is Cc1ccc(NC(=O)CCc2ncc(-c3ccc(F)cc3)o2)cc1S(=O)(=O)N1CCCCCC1. The van der Waals surface area contributed by atoms with Crippen LogP contribution in [0.2, 0.25) is 0 Å². The zero-order valence-electron chi connectivity index (χ0n) is 19.1. The first kappa shape index (κ1) is 24.1. The van der Waals surface area contributed by atoms with Crippen molar-refractivity contribution >= 4 is 21.6 Å². The number of aryl methyl sites for hydroxylation is 2. The molecule has 2 aromatic carbocycles. The van der Waals surface area contributed by atoms with Gasteiger partial charge in [0.15, 0.2) is 11.7 Å². The monoisotopic (exact) mass is 485 g/mol. The molecule has 1 fully saturated rings. The fourth-order valence-corrected chi connectivity index (χ4v) is 5.76. The second kappa shape index (κ2) is 10.5. The Balaban J connectivity index is 1.39. The van der Waals surface area contributed by atoms with Crippen molar-refractivity contribution in [3.05, 3.63) is 65.9 Å². The summed E-state index contributed by atoms with van der Waals surface area (Å²) in [5.41, 5.74) is 1.78. The van der Waals surface area contributed by atoms with Gasteiger partial charge in [-0.25, -0.2) is 17.8 Å². The van der Waals surface area contributed by atoms with E-state index >= 15 is 0 Å². The average molecular weight is 486 g/mol. The van der Waals surface area contributed by atoms with Crippen molar-refractivity contribution in [3.63, 3.8) is 0 Å². The lowest BCUT2D eigenvalue weighted by Gasteiger charge is -2.21. The van der Waals surface area contributed by atoms with E-state index in [2.05, 4.69) is 10.3 Å². The van der Waals surface area contributed by atoms with Gasteiger partial charge in [0.1, 0.15) is 5.82 Å². The number of hydrogen-bond donors (Lipinski definition) is 1. The number of sulfonamides is 1. The van der Waals surface area contributed by atoms with Crippen molar-refractivity contribution in [3.8, 4) is 11.3 Å². The summed E-state index contributed by atoms with van der Waals surface area (Å²) >= 11 is 0. The largest absolute Gasteiger partial charge is 0.441 e. The number of nitrogens with zero attached hydrogens (tertiary/aromatic N) is 2. The highest BCUT2D eigenvalue weighted by atomic mass is 32.2. The predicted molar refractivity (Wildman–Crippen MR) is 127 cm³/mol. The van der Waals surface area contributed by atoms with E-state index in [0.717, 1.165) is 25.7 Å². The average Bonchev–Trinajstić information content (AvgIpc) is 3.11. The molecule has 4 rings (SSSR count). The van der Waals surface area contributed by atoms with Crippen molar-refractivity contribution in [2.45, 2.75) is 50.3 Å². The molecule has 1 saturated heterocycles. The number of carbonyl (C=O) groups excluding carboxylic acids is 1. The Labute approximate surface area is 199 Å². The zero-order valence-corrected chi connectivity index (χ0v) is 19.9. The maximum absolute atomic E-state index is 13.2. The van der Waals surface area contributed by atoms with Gasteiger partial charge in [-0.3, -0.25) is 4.79 Å². The third kappa shape index (κ3) is 5.71. The minimum atomic E-state index is -3.62. The number of aromatic nitrogens is 1. The van der Waals surface area contributed by atoms with Crippen molar-refractivity contribution in [1.29, 1.82) is 0 Å². The van der Waals surface area contributed by atoms with Crippen LogP contribution in [0.3, 0.4) is 0 Å². The Hall–Kier alpha value is -3.04. The molecule has 0 bridgehead atoms. The molecule has 0 aliphatic carbocycles. The van der Waals surface area contributed by atoms with Gasteiger partial charge in [0, 0.05) is 37.2 Å². The second-order valence-electron chi connectivity index (χ2n) is 8.47. The molecule has 0 atom stereocenters. The predicted octanol–water partition coefficient (Wildman–Crippen LogP) is 4.93. The molecule has 1 N–H and O–H groups in total. The Morgan fingerprint density at radius 1 is 1.09 bits per heavy atom. The molecule has 34 heavy (non-hydrogen) atoms. The fraction of sp³-hybridized carbons (Fsp3) is 0.360. The van der Waals surface area contributed by atoms with Crippen molar-refractivity contribution in [2.75, 3.05) is 18.4 Å². The van der Waals surface area contributed by atoms with Gasteiger partial charge >= 0.3 is 0 Å². The summed E-state index contributed by atoms with van der Waals surface area (Å²) in [5, 5.41) is 2.78. The second-order valence-corrected chi connectivity index (χ2v) is 10.4. The van der Waals surface area contributed by atoms with Gasteiger partial charge in [0.25, 0.3) is 0 Å². The Morgan fingerprint density at radius 2 is 1.79 bits per heavy atom. The van der Waals surface area contributed by atoms with Crippen LogP contribution in [0.5, 0.6) is 0 Å². The maximum atomic E-state index is 13.2. The summed E-state index contributed by atoms with van der Waals surface area (Å²) in [6, 6.07) is 10.8. The molecule has 0 radical (unpaired) electrons. The van der Waals surface area contributed by atoms with Crippen LogP contribution in [-0.4, -0.2) is 36.7 Å². The molecule has 180 valence electrons. The topological polar surface area (TPSA) is 92.5 Å². The highest BCUT2D eigenvalue weighted by molar-refractivity contribution is 7.89. The summed E-state index contributed by atoms with van der Waals surface area (Å²) in [5.74, 6) is 0.280. The van der Waals surface area contributed by atoms with Crippen LogP contribution in [0.25, 0.3) is 11.3 Å². The molecule has 3 aromatic rings. The van der Waals surface area contributed by atoms with Gasteiger partial charge in [-0.15, -0.1) is 0 Å². The number of nitrogens with one attached hydrogen (secondary N) is 1. The number of rotatable bonds is 7. The van der Waals surface area contributed by atoms with Gasteiger partial charge in [-0.1, -0.05) is 18.9 Å². The quantitative estimate of drug-likeness (QED) is 0.513. The summed E-state index contributed by atoms with van der Waals surface area (Å²) in [7, 11) is -3.62. The number of anilines is 1. The number of hydrogen-bond acceptors (Lipinski definition) is 5. The molecular weight excluding hydrogens is 457 g/mol. The van der Waals surface area contributed by atoms with E-state index in [4.69, 9.17) is 4.42 Å². The lowest BCUT2D eigenvalue weighted by Crippen LogP contribution is -2.32. The smallest absolute Gasteiger partial charge is 0.243 e. The third-order valence-corrected chi connectivity index (χ3v) is 7.94. The van der Waals surface area contributed by atoms with Gasteiger partial charge < -0.3 is 9.73 Å². The van der Waals surface area contributed by atoms with Crippen molar-refractivity contribution in [1.82, 2.24) is 9.29 Å². The molecule has 0 unspecified atom stereocenters. The first-order chi connectivity index (χ1) is 16.3. The summed E-state index contributed by atoms with van der Waals surface area (Å²) in [4.78, 5) is 16.9. The van der Waals surface area contributed by atoms with Gasteiger partial charge in [-0.2, -0.15) is 4.31 Å². The first-order valence-electron chi connectivity index (χ1n) is 11.4. The van der Waals surface area contributed by atoms with E-state index in [1.165, 1.54) is 18.2 Å². The molecule has 1 aromatic heterocycles. The van der Waals surface area contributed by atoms with Crippen molar-refractivity contribution in [2.24, 2.45) is 0 Å². The molecule has 1 aliphatic rings. The molecule has 0 saturated carbocycles. The molecule has 9 heteroatoms. The zero-order chi connectivity index (χ0) is 24.1. The van der Waals surface area contributed by atoms with Crippen LogP contribution in [0.4, 0.5) is 10.1 Å². The number of carbonyl (C=O) groups is 1. The van der Waals surface area contributed by atoms with Crippen LogP contribution < -0.4 is 5.32 Å². The highest BCUT2D eigenvalue weighted by Gasteiger charge is 2.27. The van der Waals surface area contributed by atoms with E-state index < -0.39 is 10.0 Å². The van der Waals surface area contributed by atoms with E-state index in [-0.39, 0.29) is 29.5 Å². The number of halogens is 1. The Kier molecular flexibility index (Phi) is 7.43. The van der Waals surface area contributed by atoms with Gasteiger partial charge in [-0.05, 0) is 61.7 Å². The van der Waals surface area contributed by atoms with E-state index in [0.29, 0.717) is 41.6 Å². The number of oxazole rings is 1. The molecule has 1 aliphatic heterocycles. The minimum absolute atomic E-state index is 0.117. The van der Waals surface area contributed by atoms with Crippen LogP contribution in [0, 0.1) is 12.7 Å². The summed E-state index contributed by atoms with van der Waals surface area (Å²) in [6.45, 7) is 2.81. The third-order valence-electron chi connectivity index (χ3n) is 5.90. The fourth-order valence-electron chi connectivity index (χ4n) is 3.99. The van der Waals surface area contributed by atoms with E-state index in [1.807, 2.05) is 0 Å². The van der Waals surface area contributed by atoms with Crippen molar-refractivity contribution < 1.29 is 22.0 Å². The van der Waals surface area contributed by atoms with E-state index in [1.54, 1.807) is 41.7 Å². The van der Waals surface area contributed by atoms with E-state index in [9.17, 15) is 17.6 Å². The molecule has 1 amide bonds.